The SMILES string of the molecule is CSN1CCCC1C(C)C. The van der Waals surface area contributed by atoms with Crippen molar-refractivity contribution in [1.82, 2.24) is 4.31 Å². The fraction of sp³-hybridized carbons (Fsp3) is 1.00. The van der Waals surface area contributed by atoms with Crippen LogP contribution in [0, 0.1) is 5.92 Å². The van der Waals surface area contributed by atoms with Gasteiger partial charge in [-0.3, -0.25) is 0 Å². The summed E-state index contributed by atoms with van der Waals surface area (Å²) >= 11 is 1.90. The van der Waals surface area contributed by atoms with Crippen LogP contribution in [0.5, 0.6) is 0 Å². The number of rotatable bonds is 2. The third-order valence-electron chi connectivity index (χ3n) is 2.25. The Morgan fingerprint density at radius 1 is 1.50 bits per heavy atom. The first-order valence-electron chi connectivity index (χ1n) is 4.06. The molecule has 0 N–H and O–H groups in total. The van der Waals surface area contributed by atoms with Crippen molar-refractivity contribution in [3.8, 4) is 0 Å². The Labute approximate surface area is 68.3 Å². The zero-order valence-corrected chi connectivity index (χ0v) is 7.95. The number of hydrogen-bond donors (Lipinski definition) is 0. The molecule has 0 amide bonds. The zero-order chi connectivity index (χ0) is 7.56. The Hall–Kier alpha value is 0.310. The summed E-state index contributed by atoms with van der Waals surface area (Å²) in [7, 11) is 0. The van der Waals surface area contributed by atoms with Crippen LogP contribution in [-0.4, -0.2) is 23.1 Å². The summed E-state index contributed by atoms with van der Waals surface area (Å²) < 4.78 is 2.52. The van der Waals surface area contributed by atoms with E-state index >= 15 is 0 Å². The molecule has 0 radical (unpaired) electrons. The van der Waals surface area contributed by atoms with Crippen LogP contribution in [0.3, 0.4) is 0 Å². The fourth-order valence-electron chi connectivity index (χ4n) is 1.66. The molecule has 1 rings (SSSR count). The van der Waals surface area contributed by atoms with Crippen LogP contribution in [0.2, 0.25) is 0 Å². The van der Waals surface area contributed by atoms with Crippen LogP contribution in [0.1, 0.15) is 26.7 Å². The first-order valence-corrected chi connectivity index (χ1v) is 5.24. The molecule has 2 heteroatoms. The molecule has 1 atom stereocenters. The Morgan fingerprint density at radius 2 is 2.20 bits per heavy atom. The van der Waals surface area contributed by atoms with Crippen LogP contribution in [0.4, 0.5) is 0 Å². The maximum atomic E-state index is 2.52. The number of nitrogens with zero attached hydrogens (tertiary/aromatic N) is 1. The molecule has 0 aromatic carbocycles. The second-order valence-corrected chi connectivity index (χ2v) is 4.11. The normalized spacial score (nSPS) is 28.2. The van der Waals surface area contributed by atoms with E-state index in [4.69, 9.17) is 0 Å². The highest BCUT2D eigenvalue weighted by molar-refractivity contribution is 7.96. The van der Waals surface area contributed by atoms with Crippen molar-refractivity contribution >= 4 is 11.9 Å². The van der Waals surface area contributed by atoms with E-state index in [1.54, 1.807) is 0 Å². The zero-order valence-electron chi connectivity index (χ0n) is 7.13. The van der Waals surface area contributed by atoms with E-state index in [1.165, 1.54) is 19.4 Å². The summed E-state index contributed by atoms with van der Waals surface area (Å²) in [6.45, 7) is 5.93. The van der Waals surface area contributed by atoms with Gasteiger partial charge in [0, 0.05) is 12.6 Å². The topological polar surface area (TPSA) is 3.24 Å². The lowest BCUT2D eigenvalue weighted by molar-refractivity contribution is 0.343. The summed E-state index contributed by atoms with van der Waals surface area (Å²) in [5, 5.41) is 0. The quantitative estimate of drug-likeness (QED) is 0.569. The molecule has 0 aliphatic carbocycles. The van der Waals surface area contributed by atoms with Gasteiger partial charge in [0.2, 0.25) is 0 Å². The van der Waals surface area contributed by atoms with E-state index in [-0.39, 0.29) is 0 Å². The molecule has 0 bridgehead atoms. The Kier molecular flexibility index (Phi) is 3.05. The van der Waals surface area contributed by atoms with Gasteiger partial charge in [-0.25, -0.2) is 4.31 Å². The van der Waals surface area contributed by atoms with E-state index in [1.807, 2.05) is 11.9 Å². The summed E-state index contributed by atoms with van der Waals surface area (Å²) in [6, 6.07) is 0.843. The average Bonchev–Trinajstić information content (AvgIpc) is 2.33. The molecule has 0 spiro atoms. The van der Waals surface area contributed by atoms with E-state index in [0.717, 1.165) is 12.0 Å². The van der Waals surface area contributed by atoms with Crippen LogP contribution < -0.4 is 0 Å². The van der Waals surface area contributed by atoms with Crippen LogP contribution in [-0.2, 0) is 0 Å². The molecule has 1 aliphatic heterocycles. The minimum atomic E-state index is 0.829. The molecular weight excluding hydrogens is 142 g/mol. The minimum absolute atomic E-state index is 0.829. The smallest absolute Gasteiger partial charge is 0.0225 e. The molecule has 0 aromatic heterocycles. The predicted molar refractivity (Wildman–Crippen MR) is 48.1 cm³/mol. The van der Waals surface area contributed by atoms with E-state index in [9.17, 15) is 0 Å². The molecular formula is C8H17NS. The van der Waals surface area contributed by atoms with Gasteiger partial charge in [0.1, 0.15) is 0 Å². The molecule has 1 unspecified atom stereocenters. The second-order valence-electron chi connectivity index (χ2n) is 3.28. The van der Waals surface area contributed by atoms with Crippen molar-refractivity contribution in [3.63, 3.8) is 0 Å². The molecule has 1 heterocycles. The lowest BCUT2D eigenvalue weighted by Gasteiger charge is -2.24. The molecule has 1 saturated heterocycles. The Morgan fingerprint density at radius 3 is 2.60 bits per heavy atom. The van der Waals surface area contributed by atoms with Crippen molar-refractivity contribution in [2.75, 3.05) is 12.8 Å². The van der Waals surface area contributed by atoms with Crippen LogP contribution >= 0.6 is 11.9 Å². The summed E-state index contributed by atoms with van der Waals surface area (Å²) in [5.41, 5.74) is 0. The monoisotopic (exact) mass is 159 g/mol. The van der Waals surface area contributed by atoms with Gasteiger partial charge in [0.25, 0.3) is 0 Å². The van der Waals surface area contributed by atoms with Crippen LogP contribution in [0.15, 0.2) is 0 Å². The lowest BCUT2D eigenvalue weighted by atomic mass is 10.0. The maximum Gasteiger partial charge on any atom is 0.0225 e. The van der Waals surface area contributed by atoms with Crippen molar-refractivity contribution < 1.29 is 0 Å². The lowest BCUT2D eigenvalue weighted by Crippen LogP contribution is -2.27. The fourth-order valence-corrected chi connectivity index (χ4v) is 2.59. The first kappa shape index (κ1) is 8.41. The summed E-state index contributed by atoms with van der Waals surface area (Å²) in [6.07, 6.45) is 4.98. The maximum absolute atomic E-state index is 2.52. The van der Waals surface area contributed by atoms with Gasteiger partial charge >= 0.3 is 0 Å². The molecule has 10 heavy (non-hydrogen) atoms. The molecule has 1 aliphatic rings. The molecule has 1 fully saturated rings. The molecule has 1 nitrogen and oxygen atoms in total. The van der Waals surface area contributed by atoms with Crippen molar-refractivity contribution in [3.05, 3.63) is 0 Å². The highest BCUT2D eigenvalue weighted by Crippen LogP contribution is 2.28. The summed E-state index contributed by atoms with van der Waals surface area (Å²) in [5.74, 6) is 0.829. The third-order valence-corrected chi connectivity index (χ3v) is 3.17. The van der Waals surface area contributed by atoms with Crippen molar-refractivity contribution in [1.29, 1.82) is 0 Å². The van der Waals surface area contributed by atoms with E-state index < -0.39 is 0 Å². The van der Waals surface area contributed by atoms with Gasteiger partial charge in [-0.1, -0.05) is 25.8 Å². The van der Waals surface area contributed by atoms with Gasteiger partial charge in [-0.15, -0.1) is 0 Å². The molecule has 60 valence electrons. The van der Waals surface area contributed by atoms with Gasteiger partial charge in [0.15, 0.2) is 0 Å². The van der Waals surface area contributed by atoms with Gasteiger partial charge < -0.3 is 0 Å². The van der Waals surface area contributed by atoms with Crippen molar-refractivity contribution in [2.24, 2.45) is 5.92 Å². The second kappa shape index (κ2) is 3.63. The predicted octanol–water partition coefficient (Wildman–Crippen LogP) is 2.38. The van der Waals surface area contributed by atoms with E-state index in [2.05, 4.69) is 24.4 Å². The largest absolute Gasteiger partial charge is 0.248 e. The van der Waals surface area contributed by atoms with Gasteiger partial charge in [-0.2, -0.15) is 0 Å². The highest BCUT2D eigenvalue weighted by Gasteiger charge is 2.25. The minimum Gasteiger partial charge on any atom is -0.248 e. The molecule has 0 saturated carbocycles. The van der Waals surface area contributed by atoms with E-state index in [0.29, 0.717) is 0 Å². The number of hydrogen-bond acceptors (Lipinski definition) is 2. The Balaban J connectivity index is 2.42. The summed E-state index contributed by atoms with van der Waals surface area (Å²) in [4.78, 5) is 0. The first-order chi connectivity index (χ1) is 4.75. The van der Waals surface area contributed by atoms with Crippen molar-refractivity contribution in [2.45, 2.75) is 32.7 Å². The van der Waals surface area contributed by atoms with Gasteiger partial charge in [-0.05, 0) is 25.0 Å². The highest BCUT2D eigenvalue weighted by atomic mass is 32.2. The molecule has 0 aromatic rings. The van der Waals surface area contributed by atoms with Crippen LogP contribution in [0.25, 0.3) is 0 Å². The average molecular weight is 159 g/mol. The van der Waals surface area contributed by atoms with Gasteiger partial charge in [0.05, 0.1) is 0 Å². The Bertz CT molecular complexity index is 103. The standard InChI is InChI=1S/C8H17NS/c1-7(2)8-5-4-6-9(8)10-3/h7-8H,4-6H2,1-3H3. The third kappa shape index (κ3) is 1.67.